The highest BCUT2D eigenvalue weighted by atomic mass is 16.3. The van der Waals surface area contributed by atoms with Gasteiger partial charge in [-0.15, -0.1) is 0 Å². The normalized spacial score (nSPS) is 17.2. The molecule has 0 bridgehead atoms. The van der Waals surface area contributed by atoms with Crippen LogP contribution in [0.25, 0.3) is 0 Å². The second kappa shape index (κ2) is 5.72. The van der Waals surface area contributed by atoms with Crippen molar-refractivity contribution < 1.29 is 5.11 Å². The Morgan fingerprint density at radius 1 is 1.33 bits per heavy atom. The quantitative estimate of drug-likeness (QED) is 0.858. The molecule has 1 aliphatic heterocycles. The number of rotatable bonds is 4. The molecule has 3 heteroatoms. The minimum absolute atomic E-state index is 0.00561. The van der Waals surface area contributed by atoms with Gasteiger partial charge in [0.15, 0.2) is 0 Å². The van der Waals surface area contributed by atoms with Crippen LogP contribution in [0, 0.1) is 6.92 Å². The first-order valence-corrected chi connectivity index (χ1v) is 6.92. The van der Waals surface area contributed by atoms with Crippen LogP contribution in [0.1, 0.15) is 42.5 Å². The number of aryl methyl sites for hydroxylation is 2. The van der Waals surface area contributed by atoms with Crippen molar-refractivity contribution in [1.29, 1.82) is 0 Å². The number of hydrogen-bond donors (Lipinski definition) is 2. The molecule has 0 spiro atoms. The molecule has 1 atom stereocenters. The first kappa shape index (κ1) is 13.4. The third kappa shape index (κ3) is 2.52. The summed E-state index contributed by atoms with van der Waals surface area (Å²) < 4.78 is 0. The standard InChI is InChI=1S/C15H24N2O/c1-3-12-9-13(14(16)10-18)8-11(2)15(12)17-6-4-5-7-17/h8-9,14,18H,3-7,10,16H2,1-2H3/t14-/m0/s1. The molecule has 0 amide bonds. The Labute approximate surface area is 110 Å². The van der Waals surface area contributed by atoms with E-state index in [-0.39, 0.29) is 12.6 Å². The summed E-state index contributed by atoms with van der Waals surface area (Å²) in [5, 5.41) is 9.19. The van der Waals surface area contributed by atoms with E-state index in [1.54, 1.807) is 0 Å². The SMILES string of the molecule is CCc1cc([C@@H](N)CO)cc(C)c1N1CCCC1. The Morgan fingerprint density at radius 3 is 2.56 bits per heavy atom. The van der Waals surface area contributed by atoms with E-state index in [2.05, 4.69) is 30.9 Å². The molecule has 0 aromatic heterocycles. The van der Waals surface area contributed by atoms with Crippen molar-refractivity contribution in [3.63, 3.8) is 0 Å². The van der Waals surface area contributed by atoms with Crippen molar-refractivity contribution in [2.24, 2.45) is 5.73 Å². The van der Waals surface area contributed by atoms with Gasteiger partial charge in [-0.2, -0.15) is 0 Å². The average molecular weight is 248 g/mol. The Kier molecular flexibility index (Phi) is 4.25. The molecule has 1 heterocycles. The van der Waals surface area contributed by atoms with Crippen LogP contribution < -0.4 is 10.6 Å². The van der Waals surface area contributed by atoms with E-state index < -0.39 is 0 Å². The summed E-state index contributed by atoms with van der Waals surface area (Å²) in [6, 6.07) is 4.04. The van der Waals surface area contributed by atoms with Crippen LogP contribution in [0.5, 0.6) is 0 Å². The lowest BCUT2D eigenvalue weighted by atomic mass is 9.97. The van der Waals surface area contributed by atoms with E-state index in [1.807, 2.05) is 0 Å². The van der Waals surface area contributed by atoms with Crippen LogP contribution in [0.15, 0.2) is 12.1 Å². The smallest absolute Gasteiger partial charge is 0.0624 e. The molecule has 1 saturated heterocycles. The van der Waals surface area contributed by atoms with Gasteiger partial charge < -0.3 is 15.7 Å². The molecule has 1 fully saturated rings. The fraction of sp³-hybridized carbons (Fsp3) is 0.600. The third-order valence-corrected chi connectivity index (χ3v) is 3.83. The summed E-state index contributed by atoms with van der Waals surface area (Å²) in [5.74, 6) is 0. The number of nitrogens with zero attached hydrogens (tertiary/aromatic N) is 1. The molecule has 0 radical (unpaired) electrons. The summed E-state index contributed by atoms with van der Waals surface area (Å²) >= 11 is 0. The Balaban J connectivity index is 2.40. The first-order chi connectivity index (χ1) is 8.67. The molecule has 18 heavy (non-hydrogen) atoms. The molecular weight excluding hydrogens is 224 g/mol. The predicted molar refractivity (Wildman–Crippen MR) is 76.0 cm³/mol. The number of hydrogen-bond acceptors (Lipinski definition) is 3. The maximum absolute atomic E-state index is 9.19. The van der Waals surface area contributed by atoms with Gasteiger partial charge in [0.05, 0.1) is 12.6 Å². The van der Waals surface area contributed by atoms with Crippen molar-refractivity contribution in [3.05, 3.63) is 28.8 Å². The molecule has 1 aliphatic rings. The molecule has 0 unspecified atom stereocenters. The van der Waals surface area contributed by atoms with Crippen LogP contribution in [0.3, 0.4) is 0 Å². The zero-order chi connectivity index (χ0) is 13.1. The van der Waals surface area contributed by atoms with Crippen molar-refractivity contribution in [2.75, 3.05) is 24.6 Å². The van der Waals surface area contributed by atoms with Gasteiger partial charge in [0.25, 0.3) is 0 Å². The topological polar surface area (TPSA) is 49.5 Å². The minimum Gasteiger partial charge on any atom is -0.394 e. The van der Waals surface area contributed by atoms with E-state index in [0.717, 1.165) is 12.0 Å². The van der Waals surface area contributed by atoms with E-state index in [9.17, 15) is 5.11 Å². The number of nitrogens with two attached hydrogens (primary N) is 1. The van der Waals surface area contributed by atoms with Gasteiger partial charge in [0.1, 0.15) is 0 Å². The molecule has 3 N–H and O–H groups in total. The van der Waals surface area contributed by atoms with Crippen LogP contribution in [-0.2, 0) is 6.42 Å². The number of anilines is 1. The lowest BCUT2D eigenvalue weighted by molar-refractivity contribution is 0.268. The molecule has 1 aromatic carbocycles. The summed E-state index contributed by atoms with van der Waals surface area (Å²) in [4.78, 5) is 2.49. The van der Waals surface area contributed by atoms with Crippen molar-refractivity contribution >= 4 is 5.69 Å². The largest absolute Gasteiger partial charge is 0.394 e. The van der Waals surface area contributed by atoms with E-state index in [0.29, 0.717) is 0 Å². The Morgan fingerprint density at radius 2 is 2.00 bits per heavy atom. The summed E-state index contributed by atoms with van der Waals surface area (Å²) in [6.45, 7) is 6.67. The van der Waals surface area contributed by atoms with Crippen molar-refractivity contribution in [3.8, 4) is 0 Å². The van der Waals surface area contributed by atoms with E-state index >= 15 is 0 Å². The zero-order valence-corrected chi connectivity index (χ0v) is 11.4. The summed E-state index contributed by atoms with van der Waals surface area (Å²) in [7, 11) is 0. The third-order valence-electron chi connectivity index (χ3n) is 3.83. The molecule has 0 aliphatic carbocycles. The molecule has 2 rings (SSSR count). The first-order valence-electron chi connectivity index (χ1n) is 6.92. The van der Waals surface area contributed by atoms with Gasteiger partial charge in [-0.05, 0) is 42.9 Å². The average Bonchev–Trinajstić information content (AvgIpc) is 2.90. The summed E-state index contributed by atoms with van der Waals surface area (Å²) in [5.41, 5.74) is 11.0. The van der Waals surface area contributed by atoms with Crippen molar-refractivity contribution in [2.45, 2.75) is 39.2 Å². The maximum Gasteiger partial charge on any atom is 0.0624 e. The van der Waals surface area contributed by atoms with E-state index in [1.165, 1.54) is 42.7 Å². The Hall–Kier alpha value is -1.06. The van der Waals surface area contributed by atoms with Crippen molar-refractivity contribution in [1.82, 2.24) is 0 Å². The fourth-order valence-corrected chi connectivity index (χ4v) is 2.87. The second-order valence-corrected chi connectivity index (χ2v) is 5.18. The van der Waals surface area contributed by atoms with Gasteiger partial charge in [-0.1, -0.05) is 19.1 Å². The number of benzene rings is 1. The van der Waals surface area contributed by atoms with Crippen LogP contribution in [0.2, 0.25) is 0 Å². The van der Waals surface area contributed by atoms with Gasteiger partial charge >= 0.3 is 0 Å². The lowest BCUT2D eigenvalue weighted by Gasteiger charge is -2.25. The summed E-state index contributed by atoms with van der Waals surface area (Å²) in [6.07, 6.45) is 3.60. The predicted octanol–water partition coefficient (Wildman–Crippen LogP) is 2.15. The zero-order valence-electron chi connectivity index (χ0n) is 11.4. The highest BCUT2D eigenvalue weighted by Gasteiger charge is 2.19. The lowest BCUT2D eigenvalue weighted by Crippen LogP contribution is -2.22. The number of aliphatic hydroxyl groups is 1. The Bertz CT molecular complexity index is 411. The molecule has 0 saturated carbocycles. The van der Waals surface area contributed by atoms with Crippen LogP contribution in [-0.4, -0.2) is 24.8 Å². The fourth-order valence-electron chi connectivity index (χ4n) is 2.87. The second-order valence-electron chi connectivity index (χ2n) is 5.18. The highest BCUT2D eigenvalue weighted by molar-refractivity contribution is 5.61. The maximum atomic E-state index is 9.19. The molecular formula is C15H24N2O. The van der Waals surface area contributed by atoms with Gasteiger partial charge in [0.2, 0.25) is 0 Å². The highest BCUT2D eigenvalue weighted by Crippen LogP contribution is 2.31. The van der Waals surface area contributed by atoms with Crippen LogP contribution >= 0.6 is 0 Å². The molecule has 1 aromatic rings. The van der Waals surface area contributed by atoms with Gasteiger partial charge in [-0.25, -0.2) is 0 Å². The number of aliphatic hydroxyl groups excluding tert-OH is 1. The molecule has 3 nitrogen and oxygen atoms in total. The van der Waals surface area contributed by atoms with Gasteiger partial charge in [-0.3, -0.25) is 0 Å². The minimum atomic E-state index is -0.262. The van der Waals surface area contributed by atoms with E-state index in [4.69, 9.17) is 5.73 Å². The van der Waals surface area contributed by atoms with Crippen LogP contribution in [0.4, 0.5) is 5.69 Å². The monoisotopic (exact) mass is 248 g/mol. The molecule has 100 valence electrons. The van der Waals surface area contributed by atoms with Gasteiger partial charge in [0, 0.05) is 18.8 Å².